The molecular weight excluding hydrogens is 289 g/mol. The van der Waals surface area contributed by atoms with Crippen molar-refractivity contribution in [1.82, 2.24) is 0 Å². The second-order valence-corrected chi connectivity index (χ2v) is 6.01. The van der Waals surface area contributed by atoms with E-state index < -0.39 is 7.12 Å². The first-order chi connectivity index (χ1) is 10.1. The minimum Gasteiger partial charge on any atom is -0.497 e. The Balaban J connectivity index is 1.95. The van der Waals surface area contributed by atoms with Crippen molar-refractivity contribution in [2.24, 2.45) is 0 Å². The van der Waals surface area contributed by atoms with Gasteiger partial charge in [-0.15, -0.1) is 11.8 Å². The first-order valence-corrected chi connectivity index (χ1v) is 8.07. The first kappa shape index (κ1) is 16.2. The van der Waals surface area contributed by atoms with Crippen LogP contribution >= 0.6 is 11.8 Å². The third kappa shape index (κ3) is 4.39. The molecule has 0 saturated carbocycles. The fourth-order valence-corrected chi connectivity index (χ4v) is 3.29. The number of anilines is 1. The molecule has 114 valence electrons. The van der Waals surface area contributed by atoms with Gasteiger partial charge in [-0.25, -0.2) is 0 Å². The monoisotopic (exact) mass is 309 g/mol. The Kier molecular flexibility index (Phi) is 5.96. The molecule has 0 spiro atoms. The van der Waals surface area contributed by atoms with E-state index in [4.69, 9.17) is 14.8 Å². The van der Waals surface area contributed by atoms with Crippen LogP contribution in [0, 0.1) is 0 Å². The third-order valence-electron chi connectivity index (χ3n) is 3.45. The number of unbranched alkanes of at least 4 members (excludes halogenated alkanes) is 2. The van der Waals surface area contributed by atoms with E-state index in [0.29, 0.717) is 18.6 Å². The van der Waals surface area contributed by atoms with Gasteiger partial charge in [0.25, 0.3) is 0 Å². The van der Waals surface area contributed by atoms with Gasteiger partial charge < -0.3 is 19.7 Å². The van der Waals surface area contributed by atoms with Gasteiger partial charge in [0, 0.05) is 11.4 Å². The number of nitrogens with zero attached hydrogens (tertiary/aromatic N) is 1. The molecule has 2 rings (SSSR count). The summed E-state index contributed by atoms with van der Waals surface area (Å²) >= 11 is 1.54. The summed E-state index contributed by atoms with van der Waals surface area (Å²) < 4.78 is 5.21. The zero-order valence-corrected chi connectivity index (χ0v) is 12.9. The molecule has 1 aliphatic heterocycles. The Bertz CT molecular complexity index is 498. The van der Waals surface area contributed by atoms with Crippen molar-refractivity contribution < 1.29 is 19.6 Å². The van der Waals surface area contributed by atoms with E-state index in [2.05, 4.69) is 0 Å². The number of benzene rings is 1. The summed E-state index contributed by atoms with van der Waals surface area (Å²) in [6.07, 6.45) is 2.87. The molecule has 0 aliphatic carbocycles. The Morgan fingerprint density at radius 1 is 1.33 bits per heavy atom. The Hall–Kier alpha value is -1.18. The van der Waals surface area contributed by atoms with Crippen LogP contribution in [0.2, 0.25) is 6.32 Å². The zero-order valence-electron chi connectivity index (χ0n) is 12.1. The second-order valence-electron chi connectivity index (χ2n) is 5.00. The maximum atomic E-state index is 12.1. The number of hydrogen-bond donors (Lipinski definition) is 2. The largest absolute Gasteiger partial charge is 0.497 e. The molecule has 0 bridgehead atoms. The molecule has 0 fully saturated rings. The number of rotatable bonds is 7. The van der Waals surface area contributed by atoms with Crippen molar-refractivity contribution in [3.63, 3.8) is 0 Å². The predicted octanol–water partition coefficient (Wildman–Crippen LogP) is 1.78. The maximum absolute atomic E-state index is 12.1. The smallest absolute Gasteiger partial charge is 0.451 e. The van der Waals surface area contributed by atoms with Crippen LogP contribution in [0.25, 0.3) is 0 Å². The minimum atomic E-state index is -1.23. The molecule has 1 aromatic carbocycles. The van der Waals surface area contributed by atoms with Gasteiger partial charge in [-0.05, 0) is 30.9 Å². The standard InChI is InChI=1S/C14H20BNO4S/c1-20-11-5-6-12-13(9-11)21-10-14(17)16(12)8-4-2-3-7-15(18)19/h5-6,9,18-19H,2-4,7-8,10H2,1H3. The van der Waals surface area contributed by atoms with Gasteiger partial charge in [-0.2, -0.15) is 0 Å². The molecule has 2 N–H and O–H groups in total. The number of carbonyl (C=O) groups is 1. The van der Waals surface area contributed by atoms with Crippen molar-refractivity contribution in [2.45, 2.75) is 30.5 Å². The number of amides is 1. The number of carbonyl (C=O) groups excluding carboxylic acids is 1. The number of thioether (sulfide) groups is 1. The van der Waals surface area contributed by atoms with Gasteiger partial charge in [0.05, 0.1) is 18.6 Å². The Morgan fingerprint density at radius 3 is 2.86 bits per heavy atom. The van der Waals surface area contributed by atoms with Crippen molar-refractivity contribution in [3.05, 3.63) is 18.2 Å². The average molecular weight is 309 g/mol. The van der Waals surface area contributed by atoms with Crippen LogP contribution in [0.15, 0.2) is 23.1 Å². The highest BCUT2D eigenvalue weighted by atomic mass is 32.2. The summed E-state index contributed by atoms with van der Waals surface area (Å²) in [6, 6.07) is 5.75. The minimum absolute atomic E-state index is 0.125. The zero-order chi connectivity index (χ0) is 15.2. The highest BCUT2D eigenvalue weighted by molar-refractivity contribution is 8.00. The molecule has 1 aromatic rings. The van der Waals surface area contributed by atoms with Gasteiger partial charge in [0.15, 0.2) is 0 Å². The molecule has 1 aliphatic rings. The van der Waals surface area contributed by atoms with Crippen LogP contribution in [-0.2, 0) is 4.79 Å². The molecule has 7 heteroatoms. The number of ether oxygens (including phenoxy) is 1. The van der Waals surface area contributed by atoms with Gasteiger partial charge in [-0.3, -0.25) is 4.79 Å². The number of hydrogen-bond acceptors (Lipinski definition) is 5. The van der Waals surface area contributed by atoms with Crippen molar-refractivity contribution in [2.75, 3.05) is 24.3 Å². The third-order valence-corrected chi connectivity index (χ3v) is 4.48. The highest BCUT2D eigenvalue weighted by Crippen LogP contribution is 2.37. The van der Waals surface area contributed by atoms with E-state index in [1.165, 1.54) is 0 Å². The summed E-state index contributed by atoms with van der Waals surface area (Å²) in [5.74, 6) is 1.38. The fourth-order valence-electron chi connectivity index (χ4n) is 2.33. The van der Waals surface area contributed by atoms with Crippen LogP contribution in [0.3, 0.4) is 0 Å². The van der Waals surface area contributed by atoms with Crippen LogP contribution < -0.4 is 9.64 Å². The van der Waals surface area contributed by atoms with Gasteiger partial charge in [-0.1, -0.05) is 12.8 Å². The molecular formula is C14H20BNO4S. The SMILES string of the molecule is COc1ccc2c(c1)SCC(=O)N2CCCCCB(O)O. The number of fused-ring (bicyclic) bond motifs is 1. The highest BCUT2D eigenvalue weighted by Gasteiger charge is 2.24. The molecule has 21 heavy (non-hydrogen) atoms. The van der Waals surface area contributed by atoms with Crippen molar-refractivity contribution in [3.8, 4) is 5.75 Å². The Labute approximate surface area is 129 Å². The van der Waals surface area contributed by atoms with E-state index in [1.54, 1.807) is 18.9 Å². The normalized spacial score (nSPS) is 14.0. The lowest BCUT2D eigenvalue weighted by molar-refractivity contribution is -0.116. The lowest BCUT2D eigenvalue weighted by atomic mass is 9.83. The van der Waals surface area contributed by atoms with E-state index >= 15 is 0 Å². The summed E-state index contributed by atoms with van der Waals surface area (Å²) in [4.78, 5) is 15.0. The molecule has 0 saturated heterocycles. The molecule has 1 amide bonds. The van der Waals surface area contributed by atoms with E-state index in [-0.39, 0.29) is 5.91 Å². The summed E-state index contributed by atoms with van der Waals surface area (Å²) in [5, 5.41) is 17.6. The number of methoxy groups -OCH3 is 1. The topological polar surface area (TPSA) is 70.0 Å². The Morgan fingerprint density at radius 2 is 2.14 bits per heavy atom. The van der Waals surface area contributed by atoms with Crippen molar-refractivity contribution >= 4 is 30.5 Å². The lowest BCUT2D eigenvalue weighted by Crippen LogP contribution is -2.36. The van der Waals surface area contributed by atoms with Crippen LogP contribution in [0.4, 0.5) is 5.69 Å². The first-order valence-electron chi connectivity index (χ1n) is 7.09. The second kappa shape index (κ2) is 7.73. The molecule has 0 radical (unpaired) electrons. The molecule has 5 nitrogen and oxygen atoms in total. The summed E-state index contributed by atoms with van der Waals surface area (Å²) in [7, 11) is 0.402. The van der Waals surface area contributed by atoms with E-state index in [1.807, 2.05) is 23.1 Å². The predicted molar refractivity (Wildman–Crippen MR) is 84.9 cm³/mol. The average Bonchev–Trinajstić information content (AvgIpc) is 2.48. The van der Waals surface area contributed by atoms with Gasteiger partial charge >= 0.3 is 7.12 Å². The molecule has 1 heterocycles. The maximum Gasteiger partial charge on any atom is 0.451 e. The van der Waals surface area contributed by atoms with Crippen LogP contribution in [-0.4, -0.2) is 42.5 Å². The van der Waals surface area contributed by atoms with Crippen LogP contribution in [0.5, 0.6) is 5.75 Å². The summed E-state index contributed by atoms with van der Waals surface area (Å²) in [6.45, 7) is 0.667. The fraction of sp³-hybridized carbons (Fsp3) is 0.500. The van der Waals surface area contributed by atoms with E-state index in [9.17, 15) is 4.79 Å². The lowest BCUT2D eigenvalue weighted by Gasteiger charge is -2.29. The van der Waals surface area contributed by atoms with Crippen LogP contribution in [0.1, 0.15) is 19.3 Å². The van der Waals surface area contributed by atoms with Crippen molar-refractivity contribution in [1.29, 1.82) is 0 Å². The van der Waals surface area contributed by atoms with Gasteiger partial charge in [0.1, 0.15) is 5.75 Å². The molecule has 0 atom stereocenters. The quantitative estimate of drug-likeness (QED) is 0.593. The van der Waals surface area contributed by atoms with Gasteiger partial charge in [0.2, 0.25) is 5.91 Å². The molecule has 0 unspecified atom stereocenters. The molecule has 0 aromatic heterocycles. The summed E-state index contributed by atoms with van der Waals surface area (Å²) in [5.41, 5.74) is 0.944. The van der Waals surface area contributed by atoms with E-state index in [0.717, 1.165) is 35.6 Å².